The molecular weight excluding hydrogens is 254 g/mol. The third-order valence-electron chi connectivity index (χ3n) is 3.20. The fourth-order valence-corrected chi connectivity index (χ4v) is 1.96. The topological polar surface area (TPSA) is 54.5 Å². The summed E-state index contributed by atoms with van der Waals surface area (Å²) in [5, 5.41) is 3.36. The van der Waals surface area contributed by atoms with Gasteiger partial charge in [-0.1, -0.05) is 0 Å². The zero-order valence-electron chi connectivity index (χ0n) is 12.8. The minimum absolute atomic E-state index is 0.0248. The molecule has 0 aliphatic rings. The van der Waals surface area contributed by atoms with Crippen LogP contribution in [0.2, 0.25) is 0 Å². The number of aromatic nitrogens is 1. The van der Waals surface area contributed by atoms with Gasteiger partial charge < -0.3 is 15.0 Å². The maximum absolute atomic E-state index is 12.2. The van der Waals surface area contributed by atoms with Gasteiger partial charge in [-0.15, -0.1) is 0 Å². The molecule has 5 heteroatoms. The van der Waals surface area contributed by atoms with Gasteiger partial charge in [-0.3, -0.25) is 9.78 Å². The number of pyridine rings is 1. The number of anilines is 1. The van der Waals surface area contributed by atoms with Crippen LogP contribution < -0.4 is 5.32 Å². The van der Waals surface area contributed by atoms with Crippen molar-refractivity contribution >= 4 is 11.6 Å². The molecule has 1 heterocycles. The minimum Gasteiger partial charge on any atom is -0.385 e. The van der Waals surface area contributed by atoms with E-state index < -0.39 is 0 Å². The van der Waals surface area contributed by atoms with Gasteiger partial charge >= 0.3 is 0 Å². The maximum Gasteiger partial charge on any atom is 0.272 e. The quantitative estimate of drug-likeness (QED) is 0.794. The van der Waals surface area contributed by atoms with Gasteiger partial charge in [0, 0.05) is 44.7 Å². The van der Waals surface area contributed by atoms with Gasteiger partial charge in [-0.2, -0.15) is 0 Å². The van der Waals surface area contributed by atoms with Crippen molar-refractivity contribution in [3.63, 3.8) is 0 Å². The average Bonchev–Trinajstić information content (AvgIpc) is 2.46. The highest BCUT2D eigenvalue weighted by molar-refractivity contribution is 5.93. The monoisotopic (exact) mass is 279 g/mol. The van der Waals surface area contributed by atoms with Crippen molar-refractivity contribution in [2.45, 2.75) is 33.2 Å². The van der Waals surface area contributed by atoms with Gasteiger partial charge in [0.25, 0.3) is 5.91 Å². The average molecular weight is 279 g/mol. The molecule has 0 aromatic carbocycles. The summed E-state index contributed by atoms with van der Waals surface area (Å²) < 4.78 is 5.06. The number of rotatable bonds is 8. The zero-order valence-corrected chi connectivity index (χ0v) is 12.8. The predicted molar refractivity (Wildman–Crippen MR) is 81.1 cm³/mol. The van der Waals surface area contributed by atoms with Crippen LogP contribution in [0.25, 0.3) is 0 Å². The summed E-state index contributed by atoms with van der Waals surface area (Å²) in [5.74, 6) is -0.0248. The molecular formula is C15H25N3O2. The molecule has 1 amide bonds. The van der Waals surface area contributed by atoms with Gasteiger partial charge in [-0.25, -0.2) is 0 Å². The molecule has 0 aliphatic heterocycles. The van der Waals surface area contributed by atoms with Crippen LogP contribution in [0.1, 0.15) is 37.7 Å². The van der Waals surface area contributed by atoms with Gasteiger partial charge in [0.15, 0.2) is 0 Å². The van der Waals surface area contributed by atoms with Crippen LogP contribution in [-0.2, 0) is 4.74 Å². The van der Waals surface area contributed by atoms with Crippen molar-refractivity contribution in [2.24, 2.45) is 0 Å². The Kier molecular flexibility index (Phi) is 7.01. The summed E-state index contributed by atoms with van der Waals surface area (Å²) >= 11 is 0. The van der Waals surface area contributed by atoms with Crippen molar-refractivity contribution in [3.8, 4) is 0 Å². The van der Waals surface area contributed by atoms with Crippen LogP contribution in [0.15, 0.2) is 18.3 Å². The smallest absolute Gasteiger partial charge is 0.272 e. The lowest BCUT2D eigenvalue weighted by Gasteiger charge is -2.19. The molecule has 0 bridgehead atoms. The van der Waals surface area contributed by atoms with E-state index in [2.05, 4.69) is 17.2 Å². The number of nitrogens with zero attached hydrogens (tertiary/aromatic N) is 2. The fourth-order valence-electron chi connectivity index (χ4n) is 1.96. The molecule has 0 aliphatic carbocycles. The number of hydrogen-bond acceptors (Lipinski definition) is 4. The summed E-state index contributed by atoms with van der Waals surface area (Å²) in [7, 11) is 1.69. The van der Waals surface area contributed by atoms with Crippen LogP contribution in [-0.4, -0.2) is 48.6 Å². The fraction of sp³-hybridized carbons (Fsp3) is 0.600. The molecule has 1 atom stereocenters. The third-order valence-corrected chi connectivity index (χ3v) is 3.20. The van der Waals surface area contributed by atoms with Crippen molar-refractivity contribution in [2.75, 3.05) is 32.1 Å². The highest BCUT2D eigenvalue weighted by Gasteiger charge is 2.14. The molecule has 1 aromatic rings. The summed E-state index contributed by atoms with van der Waals surface area (Å²) in [6.45, 7) is 8.13. The molecule has 112 valence electrons. The Hall–Kier alpha value is -1.62. The lowest BCUT2D eigenvalue weighted by Crippen LogP contribution is -2.31. The van der Waals surface area contributed by atoms with Crippen molar-refractivity contribution < 1.29 is 9.53 Å². The third kappa shape index (κ3) is 4.81. The van der Waals surface area contributed by atoms with Crippen molar-refractivity contribution in [3.05, 3.63) is 24.0 Å². The molecule has 1 aromatic heterocycles. The second kappa shape index (κ2) is 8.53. The number of nitrogens with one attached hydrogen (secondary N) is 1. The molecule has 0 radical (unpaired) electrons. The van der Waals surface area contributed by atoms with E-state index in [0.717, 1.165) is 12.1 Å². The summed E-state index contributed by atoms with van der Waals surface area (Å²) in [6, 6.07) is 3.97. The number of carbonyl (C=O) groups is 1. The second-order valence-corrected chi connectivity index (χ2v) is 4.73. The highest BCUT2D eigenvalue weighted by atomic mass is 16.5. The van der Waals surface area contributed by atoms with E-state index in [-0.39, 0.29) is 11.9 Å². The van der Waals surface area contributed by atoms with Crippen LogP contribution in [0, 0.1) is 0 Å². The molecule has 1 N–H and O–H groups in total. The van der Waals surface area contributed by atoms with E-state index in [4.69, 9.17) is 4.74 Å². The lowest BCUT2D eigenvalue weighted by atomic mass is 10.2. The number of methoxy groups -OCH3 is 1. The molecule has 1 unspecified atom stereocenters. The summed E-state index contributed by atoms with van der Waals surface area (Å²) in [6.07, 6.45) is 2.58. The number of amides is 1. The van der Waals surface area contributed by atoms with Crippen LogP contribution in [0.3, 0.4) is 0 Å². The van der Waals surface area contributed by atoms with E-state index >= 15 is 0 Å². The molecule has 5 nitrogen and oxygen atoms in total. The molecule has 1 rings (SSSR count). The first-order valence-corrected chi connectivity index (χ1v) is 7.13. The lowest BCUT2D eigenvalue weighted by molar-refractivity contribution is 0.0767. The Morgan fingerprint density at radius 2 is 2.15 bits per heavy atom. The second-order valence-electron chi connectivity index (χ2n) is 4.73. The largest absolute Gasteiger partial charge is 0.385 e. The molecule has 0 saturated heterocycles. The first kappa shape index (κ1) is 16.4. The molecule has 0 saturated carbocycles. The number of carbonyl (C=O) groups excluding carboxylic acids is 1. The van der Waals surface area contributed by atoms with Crippen molar-refractivity contribution in [1.82, 2.24) is 9.88 Å². The van der Waals surface area contributed by atoms with E-state index in [1.165, 1.54) is 0 Å². The normalized spacial score (nSPS) is 12.0. The van der Waals surface area contributed by atoms with E-state index in [0.29, 0.717) is 25.4 Å². The van der Waals surface area contributed by atoms with Crippen LogP contribution in [0.4, 0.5) is 5.69 Å². The Labute approximate surface area is 121 Å². The van der Waals surface area contributed by atoms with E-state index in [9.17, 15) is 4.79 Å². The molecule has 20 heavy (non-hydrogen) atoms. The van der Waals surface area contributed by atoms with Gasteiger partial charge in [0.1, 0.15) is 5.69 Å². The first-order chi connectivity index (χ1) is 9.62. The highest BCUT2D eigenvalue weighted by Crippen LogP contribution is 2.12. The number of hydrogen-bond donors (Lipinski definition) is 1. The van der Waals surface area contributed by atoms with Gasteiger partial charge in [0.05, 0.1) is 0 Å². The SMILES string of the molecule is CCN(CC)C(=O)c1cc(NC(C)CCOC)ccn1. The van der Waals surface area contributed by atoms with E-state index in [1.54, 1.807) is 18.2 Å². The number of ether oxygens (including phenoxy) is 1. The van der Waals surface area contributed by atoms with Crippen molar-refractivity contribution in [1.29, 1.82) is 0 Å². The summed E-state index contributed by atoms with van der Waals surface area (Å²) in [5.41, 5.74) is 1.40. The van der Waals surface area contributed by atoms with Crippen LogP contribution >= 0.6 is 0 Å². The Balaban J connectivity index is 2.72. The Bertz CT molecular complexity index is 419. The predicted octanol–water partition coefficient (Wildman–Crippen LogP) is 2.40. The van der Waals surface area contributed by atoms with Crippen LogP contribution in [0.5, 0.6) is 0 Å². The summed E-state index contributed by atoms with van der Waals surface area (Å²) in [4.78, 5) is 18.2. The van der Waals surface area contributed by atoms with Gasteiger partial charge in [0.2, 0.25) is 0 Å². The van der Waals surface area contributed by atoms with Gasteiger partial charge in [-0.05, 0) is 39.3 Å². The maximum atomic E-state index is 12.2. The Morgan fingerprint density at radius 3 is 2.75 bits per heavy atom. The molecule has 0 spiro atoms. The molecule has 0 fully saturated rings. The minimum atomic E-state index is -0.0248. The first-order valence-electron chi connectivity index (χ1n) is 7.13. The zero-order chi connectivity index (χ0) is 15.0. The standard InChI is InChI=1S/C15H25N3O2/c1-5-18(6-2)15(19)14-11-13(7-9-16-14)17-12(3)8-10-20-4/h7,9,11-12H,5-6,8,10H2,1-4H3,(H,16,17). The van der Waals surface area contributed by atoms with E-state index in [1.807, 2.05) is 26.0 Å². The Morgan fingerprint density at radius 1 is 1.45 bits per heavy atom.